The van der Waals surface area contributed by atoms with Gasteiger partial charge in [0.15, 0.2) is 16.5 Å². The summed E-state index contributed by atoms with van der Waals surface area (Å²) in [6.07, 6.45) is 0. The summed E-state index contributed by atoms with van der Waals surface area (Å²) in [5, 5.41) is 26.2. The van der Waals surface area contributed by atoms with E-state index in [1.54, 1.807) is 0 Å². The number of rotatable bonds is 6. The van der Waals surface area contributed by atoms with Gasteiger partial charge in [0.1, 0.15) is 23.8 Å². The Morgan fingerprint density at radius 1 is 1.39 bits per heavy atom. The molecule has 0 bridgehead atoms. The number of carboxylic acids is 2. The van der Waals surface area contributed by atoms with Crippen molar-refractivity contribution in [3.05, 3.63) is 21.7 Å². The number of thioether (sulfide) groups is 1. The van der Waals surface area contributed by atoms with Gasteiger partial charge in [-0.2, -0.15) is 0 Å². The molecule has 1 fully saturated rings. The lowest BCUT2D eigenvalue weighted by atomic mass is 9.94. The van der Waals surface area contributed by atoms with Gasteiger partial charge in [-0.25, -0.2) is 14.6 Å². The molecule has 0 spiro atoms. The number of amides is 2. The maximum Gasteiger partial charge on any atom is 0.354 e. The molecule has 14 heteroatoms. The van der Waals surface area contributed by atoms with Gasteiger partial charge in [0.2, 0.25) is 0 Å². The highest BCUT2D eigenvalue weighted by Crippen LogP contribution is 2.39. The summed E-state index contributed by atoms with van der Waals surface area (Å²) < 4.78 is 0. The number of nitrogens with one attached hydrogen (secondary N) is 1. The zero-order chi connectivity index (χ0) is 20.6. The smallest absolute Gasteiger partial charge is 0.354 e. The Kier molecular flexibility index (Phi) is 5.24. The fraction of sp³-hybridized carbons (Fsp3) is 0.286. The van der Waals surface area contributed by atoms with Crippen LogP contribution in [0.1, 0.15) is 5.69 Å². The zero-order valence-corrected chi connectivity index (χ0v) is 15.7. The molecule has 148 valence electrons. The molecule has 2 aliphatic heterocycles. The summed E-state index contributed by atoms with van der Waals surface area (Å²) in [7, 11) is 1.23. The van der Waals surface area contributed by atoms with Gasteiger partial charge in [-0.1, -0.05) is 5.16 Å². The van der Waals surface area contributed by atoms with Crippen LogP contribution in [0.25, 0.3) is 0 Å². The van der Waals surface area contributed by atoms with Crippen LogP contribution in [-0.4, -0.2) is 74.5 Å². The Morgan fingerprint density at radius 2 is 2.11 bits per heavy atom. The molecule has 3 rings (SSSR count). The van der Waals surface area contributed by atoms with Crippen molar-refractivity contribution in [3.8, 4) is 0 Å². The van der Waals surface area contributed by atoms with Crippen LogP contribution in [-0.2, 0) is 24.0 Å². The fourth-order valence-electron chi connectivity index (χ4n) is 2.76. The molecule has 1 aromatic heterocycles. The van der Waals surface area contributed by atoms with Crippen LogP contribution in [0.4, 0.5) is 5.13 Å². The van der Waals surface area contributed by atoms with Crippen LogP contribution in [0.15, 0.2) is 21.1 Å². The fourth-order valence-corrected chi connectivity index (χ4v) is 4.43. The average molecular weight is 427 g/mol. The molecule has 0 aliphatic carbocycles. The Labute approximate surface area is 165 Å². The molecular formula is C14H13N5O7S2. The predicted octanol–water partition coefficient (Wildman–Crippen LogP) is -1.10. The number of hydrogen-bond donors (Lipinski definition) is 4. The summed E-state index contributed by atoms with van der Waals surface area (Å²) >= 11 is 1.88. The van der Waals surface area contributed by atoms with E-state index >= 15 is 0 Å². The van der Waals surface area contributed by atoms with Crippen molar-refractivity contribution < 1.29 is 34.2 Å². The van der Waals surface area contributed by atoms with E-state index in [4.69, 9.17) is 10.8 Å². The van der Waals surface area contributed by atoms with Gasteiger partial charge < -0.3 is 26.1 Å². The van der Waals surface area contributed by atoms with Gasteiger partial charge in [-0.3, -0.25) is 14.5 Å². The van der Waals surface area contributed by atoms with E-state index in [2.05, 4.69) is 20.3 Å². The van der Waals surface area contributed by atoms with Crippen LogP contribution in [0.2, 0.25) is 0 Å². The molecule has 2 aliphatic rings. The number of nitrogens with zero attached hydrogens (tertiary/aromatic N) is 3. The minimum Gasteiger partial charge on any atom is -0.477 e. The second kappa shape index (κ2) is 7.47. The molecule has 2 unspecified atom stereocenters. The number of carboxylic acid groups (broad SMARTS) is 2. The number of carbonyl (C=O) groups excluding carboxylic acids is 2. The van der Waals surface area contributed by atoms with Crippen LogP contribution in [0.5, 0.6) is 0 Å². The molecular weight excluding hydrogens is 414 g/mol. The second-order valence-electron chi connectivity index (χ2n) is 5.52. The summed E-state index contributed by atoms with van der Waals surface area (Å²) in [5.74, 6) is -4.36. The Hall–Kier alpha value is -3.13. The largest absolute Gasteiger partial charge is 0.477 e. The molecule has 0 aromatic carbocycles. The minimum atomic E-state index is -1.53. The van der Waals surface area contributed by atoms with Crippen LogP contribution < -0.4 is 11.1 Å². The van der Waals surface area contributed by atoms with Crippen molar-refractivity contribution in [1.82, 2.24) is 15.2 Å². The minimum absolute atomic E-state index is 0.107. The number of β-lactam (4-membered cyclic amide) rings is 1. The molecule has 0 saturated carbocycles. The molecule has 3 heterocycles. The summed E-state index contributed by atoms with van der Waals surface area (Å²) in [6.45, 7) is 0. The van der Waals surface area contributed by atoms with Gasteiger partial charge in [-0.05, 0) is 0 Å². The summed E-state index contributed by atoms with van der Waals surface area (Å²) in [4.78, 5) is 56.7. The SMILES string of the molecule is CON=C(C(=O)NC1C(=O)N2C(C(=O)O)=C(C(=O)O)SCC12)c1csc(N)n1. The third kappa shape index (κ3) is 3.27. The highest BCUT2D eigenvalue weighted by molar-refractivity contribution is 8.04. The van der Waals surface area contributed by atoms with Crippen molar-refractivity contribution in [2.75, 3.05) is 18.6 Å². The lowest BCUT2D eigenvalue weighted by Crippen LogP contribution is -2.73. The lowest BCUT2D eigenvalue weighted by Gasteiger charge is -2.49. The monoisotopic (exact) mass is 427 g/mol. The lowest BCUT2D eigenvalue weighted by molar-refractivity contribution is -0.153. The molecule has 2 amide bonds. The Bertz CT molecular complexity index is 940. The first-order chi connectivity index (χ1) is 13.3. The van der Waals surface area contributed by atoms with Gasteiger partial charge in [-0.15, -0.1) is 23.1 Å². The third-order valence-corrected chi connectivity index (χ3v) is 5.76. The number of nitrogen functional groups attached to an aromatic ring is 1. The number of hydrogen-bond acceptors (Lipinski definition) is 10. The topological polar surface area (TPSA) is 185 Å². The maximum absolute atomic E-state index is 12.6. The molecule has 1 saturated heterocycles. The van der Waals surface area contributed by atoms with Crippen LogP contribution in [0.3, 0.4) is 0 Å². The van der Waals surface area contributed by atoms with Crippen LogP contribution >= 0.6 is 23.1 Å². The Morgan fingerprint density at radius 3 is 2.64 bits per heavy atom. The third-order valence-electron chi connectivity index (χ3n) is 3.92. The first kappa shape index (κ1) is 19.6. The summed E-state index contributed by atoms with van der Waals surface area (Å²) in [5.41, 5.74) is 4.89. The molecule has 2 atom stereocenters. The second-order valence-corrected chi connectivity index (χ2v) is 7.44. The number of thiazole rings is 1. The number of fused-ring (bicyclic) bond motifs is 1. The zero-order valence-electron chi connectivity index (χ0n) is 14.1. The van der Waals surface area contributed by atoms with E-state index < -0.39 is 46.4 Å². The van der Waals surface area contributed by atoms with E-state index in [9.17, 15) is 24.3 Å². The summed E-state index contributed by atoms with van der Waals surface area (Å²) in [6, 6.07) is -1.75. The van der Waals surface area contributed by atoms with Crippen molar-refractivity contribution >= 4 is 57.7 Å². The first-order valence-electron chi connectivity index (χ1n) is 7.56. The molecule has 12 nitrogen and oxygen atoms in total. The van der Waals surface area contributed by atoms with E-state index in [1.807, 2.05) is 0 Å². The van der Waals surface area contributed by atoms with Crippen molar-refractivity contribution in [1.29, 1.82) is 0 Å². The van der Waals surface area contributed by atoms with Crippen molar-refractivity contribution in [2.24, 2.45) is 5.16 Å². The van der Waals surface area contributed by atoms with Gasteiger partial charge >= 0.3 is 11.9 Å². The van der Waals surface area contributed by atoms with E-state index in [1.165, 1.54) is 12.5 Å². The standard InChI is InChI=1S/C14H13N5O7S2/c1-26-18-6(4-2-28-14(15)16-4)10(20)17-7-5-3-27-9(13(24)25)8(12(22)23)19(5)11(7)21/h2,5,7H,3H2,1H3,(H2,15,16)(H,17,20)(H,22,23)(H,24,25). The molecule has 5 N–H and O–H groups in total. The van der Waals surface area contributed by atoms with E-state index in [0.717, 1.165) is 28.0 Å². The molecule has 1 aromatic rings. The number of aliphatic carboxylic acids is 2. The first-order valence-corrected chi connectivity index (χ1v) is 9.42. The van der Waals surface area contributed by atoms with Crippen LogP contribution in [0, 0.1) is 0 Å². The van der Waals surface area contributed by atoms with Gasteiger partial charge in [0.25, 0.3) is 11.8 Å². The van der Waals surface area contributed by atoms with E-state index in [0.29, 0.717) is 0 Å². The van der Waals surface area contributed by atoms with Gasteiger partial charge in [0.05, 0.1) is 6.04 Å². The van der Waals surface area contributed by atoms with Crippen molar-refractivity contribution in [2.45, 2.75) is 12.1 Å². The Balaban J connectivity index is 1.81. The van der Waals surface area contributed by atoms with Crippen molar-refractivity contribution in [3.63, 3.8) is 0 Å². The highest BCUT2D eigenvalue weighted by atomic mass is 32.2. The quantitative estimate of drug-likeness (QED) is 0.247. The molecule has 28 heavy (non-hydrogen) atoms. The number of aromatic nitrogens is 1. The normalized spacial score (nSPS) is 21.7. The van der Waals surface area contributed by atoms with E-state index in [-0.39, 0.29) is 22.3 Å². The molecule has 0 radical (unpaired) electrons. The maximum atomic E-state index is 12.6. The highest BCUT2D eigenvalue weighted by Gasteiger charge is 2.55. The number of carbonyl (C=O) groups is 4. The average Bonchev–Trinajstić information content (AvgIpc) is 3.08. The number of anilines is 1. The predicted molar refractivity (Wildman–Crippen MR) is 97.4 cm³/mol. The number of nitrogens with two attached hydrogens (primary N) is 1. The van der Waals surface area contributed by atoms with Gasteiger partial charge in [0, 0.05) is 11.1 Å². The number of oxime groups is 1.